The van der Waals surface area contributed by atoms with E-state index in [1.54, 1.807) is 0 Å². The Labute approximate surface area is 58.4 Å². The first-order valence-corrected chi connectivity index (χ1v) is 3.65. The second-order valence-corrected chi connectivity index (χ2v) is 2.57. The van der Waals surface area contributed by atoms with Crippen LogP contribution in [0.25, 0.3) is 0 Å². The Morgan fingerprint density at radius 2 is 2.67 bits per heavy atom. The van der Waals surface area contributed by atoms with E-state index < -0.39 is 0 Å². The van der Waals surface area contributed by atoms with E-state index in [4.69, 9.17) is 5.73 Å². The van der Waals surface area contributed by atoms with Gasteiger partial charge in [-0.15, -0.1) is 0 Å². The fourth-order valence-electron chi connectivity index (χ4n) is 0.473. The van der Waals surface area contributed by atoms with Crippen LogP contribution in [-0.2, 0) is 0 Å². The molecular formula is C5H9N3S. The molecule has 0 amide bonds. The van der Waals surface area contributed by atoms with E-state index in [0.717, 1.165) is 12.1 Å². The molecule has 0 bridgehead atoms. The zero-order valence-corrected chi connectivity index (χ0v) is 6.03. The van der Waals surface area contributed by atoms with Crippen molar-refractivity contribution in [3.05, 3.63) is 11.1 Å². The normalized spacial score (nSPS) is 17.9. The molecule has 1 aliphatic rings. The van der Waals surface area contributed by atoms with Crippen LogP contribution < -0.4 is 11.2 Å². The molecule has 0 aliphatic carbocycles. The minimum Gasteiger partial charge on any atom is -0.377 e. The van der Waals surface area contributed by atoms with Crippen LogP contribution in [0.4, 0.5) is 0 Å². The number of thioether (sulfide) groups is 1. The van der Waals surface area contributed by atoms with Gasteiger partial charge in [-0.25, -0.2) is 0 Å². The van der Waals surface area contributed by atoms with Crippen LogP contribution in [0, 0.1) is 0 Å². The lowest BCUT2D eigenvalue weighted by atomic mass is 10.4. The second-order valence-electron chi connectivity index (χ2n) is 1.68. The van der Waals surface area contributed by atoms with E-state index in [-0.39, 0.29) is 0 Å². The molecule has 0 aromatic carbocycles. The topological polar surface area (TPSA) is 50.4 Å². The van der Waals surface area contributed by atoms with Gasteiger partial charge in [0.2, 0.25) is 0 Å². The van der Waals surface area contributed by atoms with Gasteiger partial charge in [0, 0.05) is 5.70 Å². The smallest absolute Gasteiger partial charge is 0.182 e. The Kier molecular flexibility index (Phi) is 2.00. The van der Waals surface area contributed by atoms with Gasteiger partial charge in [-0.2, -0.15) is 5.10 Å². The van der Waals surface area contributed by atoms with E-state index in [1.165, 1.54) is 11.8 Å². The maximum Gasteiger partial charge on any atom is 0.182 e. The van der Waals surface area contributed by atoms with Gasteiger partial charge in [0.25, 0.3) is 0 Å². The maximum absolute atomic E-state index is 5.36. The molecule has 0 saturated heterocycles. The zero-order chi connectivity index (χ0) is 6.69. The van der Waals surface area contributed by atoms with Gasteiger partial charge in [-0.1, -0.05) is 18.7 Å². The van der Waals surface area contributed by atoms with Gasteiger partial charge in [-0.3, -0.25) is 5.43 Å². The van der Waals surface area contributed by atoms with Crippen molar-refractivity contribution in [2.45, 2.75) is 13.3 Å². The monoisotopic (exact) mass is 143 g/mol. The molecule has 0 fully saturated rings. The fraction of sp³-hybridized carbons (Fsp3) is 0.400. The van der Waals surface area contributed by atoms with Crippen LogP contribution in [0.1, 0.15) is 13.3 Å². The van der Waals surface area contributed by atoms with Crippen molar-refractivity contribution < 1.29 is 0 Å². The van der Waals surface area contributed by atoms with E-state index in [9.17, 15) is 0 Å². The molecule has 0 spiro atoms. The van der Waals surface area contributed by atoms with Gasteiger partial charge in [0.1, 0.15) is 0 Å². The number of nitrogens with two attached hydrogens (primary N) is 1. The molecule has 4 heteroatoms. The van der Waals surface area contributed by atoms with E-state index >= 15 is 0 Å². The number of amidine groups is 1. The summed E-state index contributed by atoms with van der Waals surface area (Å²) in [7, 11) is 0. The standard InChI is InChI=1S/C5H9N3S/c1-2-4-3-9-5(6)8-7-4/h3,7H,2H2,1H3,(H2,6,8). The van der Waals surface area contributed by atoms with Crippen LogP contribution in [0.3, 0.4) is 0 Å². The quantitative estimate of drug-likeness (QED) is 0.571. The predicted molar refractivity (Wildman–Crippen MR) is 40.7 cm³/mol. The molecule has 0 unspecified atom stereocenters. The number of nitrogens with zero attached hydrogens (tertiary/aromatic N) is 1. The fourth-order valence-corrected chi connectivity index (χ4v) is 1.05. The number of hydrogen-bond acceptors (Lipinski definition) is 4. The van der Waals surface area contributed by atoms with Gasteiger partial charge >= 0.3 is 0 Å². The highest BCUT2D eigenvalue weighted by atomic mass is 32.2. The van der Waals surface area contributed by atoms with E-state index in [1.807, 2.05) is 5.41 Å². The molecule has 3 nitrogen and oxygen atoms in total. The summed E-state index contributed by atoms with van der Waals surface area (Å²) in [6.07, 6.45) is 0.976. The lowest BCUT2D eigenvalue weighted by Gasteiger charge is -2.08. The third kappa shape index (κ3) is 1.64. The number of allylic oxidation sites excluding steroid dienone is 1. The van der Waals surface area contributed by atoms with E-state index in [2.05, 4.69) is 17.5 Å². The molecule has 0 saturated carbocycles. The van der Waals surface area contributed by atoms with Crippen molar-refractivity contribution in [2.75, 3.05) is 0 Å². The Balaban J connectivity index is 2.48. The van der Waals surface area contributed by atoms with Crippen molar-refractivity contribution in [1.29, 1.82) is 0 Å². The summed E-state index contributed by atoms with van der Waals surface area (Å²) in [5, 5.41) is 6.37. The SMILES string of the molecule is CCC1=CSC(N)=NN1. The van der Waals surface area contributed by atoms with Crippen molar-refractivity contribution >= 4 is 16.9 Å². The molecule has 1 heterocycles. The zero-order valence-electron chi connectivity index (χ0n) is 5.22. The first-order chi connectivity index (χ1) is 4.33. The number of rotatable bonds is 1. The minimum atomic E-state index is 0.576. The number of hydrazone groups is 1. The number of hydrogen-bond donors (Lipinski definition) is 2. The Hall–Kier alpha value is -0.640. The molecule has 9 heavy (non-hydrogen) atoms. The average molecular weight is 143 g/mol. The molecule has 0 radical (unpaired) electrons. The average Bonchev–Trinajstić information content (AvgIpc) is 1.90. The third-order valence-corrected chi connectivity index (χ3v) is 1.75. The highest BCUT2D eigenvalue weighted by molar-refractivity contribution is 8.16. The molecule has 0 atom stereocenters. The van der Waals surface area contributed by atoms with Gasteiger partial charge in [0.05, 0.1) is 0 Å². The predicted octanol–water partition coefficient (Wildman–Crippen LogP) is 0.804. The summed E-state index contributed by atoms with van der Waals surface area (Å²) < 4.78 is 0. The molecule has 0 aromatic rings. The summed E-state index contributed by atoms with van der Waals surface area (Å²) in [6, 6.07) is 0. The molecule has 1 aliphatic heterocycles. The largest absolute Gasteiger partial charge is 0.377 e. The lowest BCUT2D eigenvalue weighted by molar-refractivity contribution is 0.831. The van der Waals surface area contributed by atoms with Crippen molar-refractivity contribution in [1.82, 2.24) is 5.43 Å². The molecular weight excluding hydrogens is 134 g/mol. The Morgan fingerprint density at radius 1 is 1.89 bits per heavy atom. The molecule has 3 N–H and O–H groups in total. The molecule has 1 rings (SSSR count). The van der Waals surface area contributed by atoms with E-state index in [0.29, 0.717) is 5.17 Å². The van der Waals surface area contributed by atoms with Crippen LogP contribution in [0.2, 0.25) is 0 Å². The second kappa shape index (κ2) is 2.77. The highest BCUT2D eigenvalue weighted by Crippen LogP contribution is 2.11. The number of nitrogens with one attached hydrogen (secondary N) is 1. The summed E-state index contributed by atoms with van der Waals surface area (Å²) in [4.78, 5) is 0. The van der Waals surface area contributed by atoms with Crippen molar-refractivity contribution in [3.63, 3.8) is 0 Å². The van der Waals surface area contributed by atoms with Crippen molar-refractivity contribution in [2.24, 2.45) is 10.8 Å². The summed E-state index contributed by atoms with van der Waals surface area (Å²) in [5.41, 5.74) is 9.30. The minimum absolute atomic E-state index is 0.576. The summed E-state index contributed by atoms with van der Waals surface area (Å²) in [6.45, 7) is 2.07. The Morgan fingerprint density at radius 3 is 3.11 bits per heavy atom. The third-order valence-electron chi connectivity index (χ3n) is 1.01. The van der Waals surface area contributed by atoms with Gasteiger partial charge in [-0.05, 0) is 11.8 Å². The molecule has 50 valence electrons. The summed E-state index contributed by atoms with van der Waals surface area (Å²) >= 11 is 1.45. The lowest BCUT2D eigenvalue weighted by Crippen LogP contribution is -2.17. The first-order valence-electron chi connectivity index (χ1n) is 2.78. The van der Waals surface area contributed by atoms with Crippen molar-refractivity contribution in [3.8, 4) is 0 Å². The van der Waals surface area contributed by atoms with Crippen LogP contribution in [-0.4, -0.2) is 5.17 Å². The van der Waals surface area contributed by atoms with Crippen LogP contribution >= 0.6 is 11.8 Å². The maximum atomic E-state index is 5.36. The van der Waals surface area contributed by atoms with Gasteiger partial charge < -0.3 is 5.73 Å². The van der Waals surface area contributed by atoms with Crippen LogP contribution in [0.15, 0.2) is 16.2 Å². The van der Waals surface area contributed by atoms with Crippen LogP contribution in [0.5, 0.6) is 0 Å². The van der Waals surface area contributed by atoms with Gasteiger partial charge in [0.15, 0.2) is 5.17 Å². The summed E-state index contributed by atoms with van der Waals surface area (Å²) in [5.74, 6) is 0. The molecule has 0 aromatic heterocycles. The highest BCUT2D eigenvalue weighted by Gasteiger charge is 1.99. The first kappa shape index (κ1) is 6.48. The Bertz CT molecular complexity index is 162.